The average Bonchev–Trinajstić information content (AvgIpc) is 2.71. The molecule has 2 aromatic heterocycles. The minimum absolute atomic E-state index is 0.492. The zero-order valence-corrected chi connectivity index (χ0v) is 9.65. The number of aromatic nitrogens is 2. The molecule has 4 nitrogen and oxygen atoms in total. The van der Waals surface area contributed by atoms with E-state index in [4.69, 9.17) is 10.2 Å². The Morgan fingerprint density at radius 3 is 2.71 bits per heavy atom. The SMILES string of the molecule is Nc1cccc(Sc2nc3ccccc3o2)n1. The molecule has 0 aliphatic rings. The number of nitrogens with zero attached hydrogens (tertiary/aromatic N) is 2. The first-order valence-electron chi connectivity index (χ1n) is 5.07. The highest BCUT2D eigenvalue weighted by Gasteiger charge is 2.07. The van der Waals surface area contributed by atoms with Gasteiger partial charge in [-0.3, -0.25) is 0 Å². The third kappa shape index (κ3) is 2.09. The summed E-state index contributed by atoms with van der Waals surface area (Å²) in [6.07, 6.45) is 0. The van der Waals surface area contributed by atoms with Crippen LogP contribution in [-0.2, 0) is 0 Å². The highest BCUT2D eigenvalue weighted by Crippen LogP contribution is 2.28. The number of hydrogen-bond donors (Lipinski definition) is 1. The molecule has 0 aliphatic carbocycles. The number of fused-ring (bicyclic) bond motifs is 1. The lowest BCUT2D eigenvalue weighted by Gasteiger charge is -1.96. The molecule has 0 saturated heterocycles. The minimum atomic E-state index is 0.492. The van der Waals surface area contributed by atoms with E-state index in [1.165, 1.54) is 11.8 Å². The summed E-state index contributed by atoms with van der Waals surface area (Å²) in [5, 5.41) is 1.35. The quantitative estimate of drug-likeness (QED) is 0.749. The monoisotopic (exact) mass is 243 g/mol. The Bertz CT molecular complexity index is 632. The molecule has 0 atom stereocenters. The third-order valence-electron chi connectivity index (χ3n) is 2.21. The number of nitrogens with two attached hydrogens (primary N) is 1. The van der Waals surface area contributed by atoms with E-state index in [9.17, 15) is 0 Å². The molecule has 0 spiro atoms. The minimum Gasteiger partial charge on any atom is -0.431 e. The van der Waals surface area contributed by atoms with E-state index in [1.54, 1.807) is 6.07 Å². The molecule has 0 amide bonds. The van der Waals surface area contributed by atoms with Crippen LogP contribution in [0.25, 0.3) is 11.1 Å². The molecule has 2 heterocycles. The number of anilines is 1. The van der Waals surface area contributed by atoms with Crippen molar-refractivity contribution in [2.24, 2.45) is 0 Å². The van der Waals surface area contributed by atoms with Crippen molar-refractivity contribution in [2.75, 3.05) is 5.73 Å². The maximum absolute atomic E-state index is 5.61. The van der Waals surface area contributed by atoms with Crippen LogP contribution >= 0.6 is 11.8 Å². The lowest BCUT2D eigenvalue weighted by molar-refractivity contribution is 0.489. The van der Waals surface area contributed by atoms with Gasteiger partial charge in [0.25, 0.3) is 5.22 Å². The van der Waals surface area contributed by atoms with E-state index in [0.717, 1.165) is 16.1 Å². The Kier molecular flexibility index (Phi) is 2.45. The second-order valence-electron chi connectivity index (χ2n) is 3.45. The van der Waals surface area contributed by atoms with Gasteiger partial charge >= 0.3 is 0 Å². The Hall–Kier alpha value is -2.01. The Morgan fingerprint density at radius 1 is 1.00 bits per heavy atom. The third-order valence-corrected chi connectivity index (χ3v) is 3.00. The van der Waals surface area contributed by atoms with E-state index in [2.05, 4.69) is 9.97 Å². The molecule has 5 heteroatoms. The van der Waals surface area contributed by atoms with Gasteiger partial charge in [0.15, 0.2) is 5.58 Å². The molecule has 0 unspecified atom stereocenters. The summed E-state index contributed by atoms with van der Waals surface area (Å²) < 4.78 is 5.58. The smallest absolute Gasteiger partial charge is 0.263 e. The van der Waals surface area contributed by atoms with Gasteiger partial charge in [0, 0.05) is 0 Å². The van der Waals surface area contributed by atoms with Crippen molar-refractivity contribution in [3.05, 3.63) is 42.5 Å². The van der Waals surface area contributed by atoms with Crippen molar-refractivity contribution >= 4 is 28.7 Å². The van der Waals surface area contributed by atoms with Crippen LogP contribution in [0.1, 0.15) is 0 Å². The van der Waals surface area contributed by atoms with Crippen LogP contribution in [-0.4, -0.2) is 9.97 Å². The summed E-state index contributed by atoms with van der Waals surface area (Å²) in [4.78, 5) is 8.53. The van der Waals surface area contributed by atoms with Crippen molar-refractivity contribution in [3.63, 3.8) is 0 Å². The molecule has 0 bridgehead atoms. The molecule has 0 fully saturated rings. The number of pyridine rings is 1. The van der Waals surface area contributed by atoms with Gasteiger partial charge in [-0.15, -0.1) is 0 Å². The van der Waals surface area contributed by atoms with Crippen molar-refractivity contribution < 1.29 is 4.42 Å². The second kappa shape index (κ2) is 4.10. The first kappa shape index (κ1) is 10.2. The predicted molar refractivity (Wildman–Crippen MR) is 66.8 cm³/mol. The van der Waals surface area contributed by atoms with Crippen LogP contribution in [0.15, 0.2) is 57.1 Å². The molecule has 0 radical (unpaired) electrons. The lowest BCUT2D eigenvalue weighted by atomic mass is 10.3. The van der Waals surface area contributed by atoms with Gasteiger partial charge in [-0.2, -0.15) is 0 Å². The van der Waals surface area contributed by atoms with E-state index >= 15 is 0 Å². The molecule has 3 aromatic rings. The van der Waals surface area contributed by atoms with E-state index in [-0.39, 0.29) is 0 Å². The second-order valence-corrected chi connectivity index (χ2v) is 4.42. The summed E-state index contributed by atoms with van der Waals surface area (Å²) in [7, 11) is 0. The normalized spacial score (nSPS) is 10.8. The fraction of sp³-hybridized carbons (Fsp3) is 0. The highest BCUT2D eigenvalue weighted by atomic mass is 32.2. The molecular weight excluding hydrogens is 234 g/mol. The van der Waals surface area contributed by atoms with Crippen molar-refractivity contribution in [3.8, 4) is 0 Å². The number of rotatable bonds is 2. The number of hydrogen-bond acceptors (Lipinski definition) is 5. The summed E-state index contributed by atoms with van der Waals surface area (Å²) in [6.45, 7) is 0. The van der Waals surface area contributed by atoms with Crippen LogP contribution < -0.4 is 5.73 Å². The molecule has 0 aliphatic heterocycles. The zero-order chi connectivity index (χ0) is 11.7. The number of para-hydroxylation sites is 2. The molecule has 17 heavy (non-hydrogen) atoms. The highest BCUT2D eigenvalue weighted by molar-refractivity contribution is 7.99. The van der Waals surface area contributed by atoms with Crippen LogP contribution in [0.2, 0.25) is 0 Å². The van der Waals surface area contributed by atoms with Crippen molar-refractivity contribution in [1.82, 2.24) is 9.97 Å². The molecule has 0 saturated carbocycles. The molecule has 84 valence electrons. The first-order chi connectivity index (χ1) is 8.31. The van der Waals surface area contributed by atoms with Gasteiger partial charge in [0.05, 0.1) is 0 Å². The van der Waals surface area contributed by atoms with Crippen molar-refractivity contribution in [2.45, 2.75) is 10.2 Å². The summed E-state index contributed by atoms with van der Waals surface area (Å²) in [6, 6.07) is 13.1. The number of benzene rings is 1. The van der Waals surface area contributed by atoms with Crippen LogP contribution in [0, 0.1) is 0 Å². The average molecular weight is 243 g/mol. The molecule has 1 aromatic carbocycles. The van der Waals surface area contributed by atoms with Gasteiger partial charge in [0.1, 0.15) is 16.4 Å². The fourth-order valence-electron chi connectivity index (χ4n) is 1.47. The van der Waals surface area contributed by atoms with Gasteiger partial charge in [-0.25, -0.2) is 9.97 Å². The summed E-state index contributed by atoms with van der Waals surface area (Å²) in [5.74, 6) is 0.492. The van der Waals surface area contributed by atoms with Crippen molar-refractivity contribution in [1.29, 1.82) is 0 Å². The summed E-state index contributed by atoms with van der Waals surface area (Å²) in [5.41, 5.74) is 7.23. The van der Waals surface area contributed by atoms with E-state index < -0.39 is 0 Å². The lowest BCUT2D eigenvalue weighted by Crippen LogP contribution is -1.89. The van der Waals surface area contributed by atoms with Gasteiger partial charge in [-0.05, 0) is 36.0 Å². The standard InChI is InChI=1S/C12H9N3OS/c13-10-6-3-7-11(15-10)17-12-14-8-4-1-2-5-9(8)16-12/h1-7H,(H2,13,15). The van der Waals surface area contributed by atoms with Crippen LogP contribution in [0.3, 0.4) is 0 Å². The number of nitrogen functional groups attached to an aromatic ring is 1. The Balaban J connectivity index is 1.94. The fourth-order valence-corrected chi connectivity index (χ4v) is 2.22. The Labute approximate surface area is 102 Å². The maximum Gasteiger partial charge on any atom is 0.263 e. The maximum atomic E-state index is 5.61. The zero-order valence-electron chi connectivity index (χ0n) is 8.83. The van der Waals surface area contributed by atoms with Gasteiger partial charge < -0.3 is 10.2 Å². The number of oxazole rings is 1. The van der Waals surface area contributed by atoms with E-state index in [1.807, 2.05) is 36.4 Å². The largest absolute Gasteiger partial charge is 0.431 e. The molecule has 2 N–H and O–H groups in total. The first-order valence-corrected chi connectivity index (χ1v) is 5.89. The molecule has 3 rings (SSSR count). The van der Waals surface area contributed by atoms with Crippen LogP contribution in [0.5, 0.6) is 0 Å². The topological polar surface area (TPSA) is 64.9 Å². The summed E-state index contributed by atoms with van der Waals surface area (Å²) >= 11 is 1.36. The van der Waals surface area contributed by atoms with Gasteiger partial charge in [-0.1, -0.05) is 18.2 Å². The molecular formula is C12H9N3OS. The van der Waals surface area contributed by atoms with Gasteiger partial charge in [0.2, 0.25) is 0 Å². The predicted octanol–water partition coefficient (Wildman–Crippen LogP) is 2.96. The van der Waals surface area contributed by atoms with E-state index in [0.29, 0.717) is 11.0 Å². The van der Waals surface area contributed by atoms with Crippen LogP contribution in [0.4, 0.5) is 5.82 Å². The Morgan fingerprint density at radius 2 is 1.88 bits per heavy atom.